The average Bonchev–Trinajstić information content (AvgIpc) is 2.59. The summed E-state index contributed by atoms with van der Waals surface area (Å²) in [6.07, 6.45) is -1.92. The van der Waals surface area contributed by atoms with Gasteiger partial charge in [-0.3, -0.25) is 19.1 Å². The first-order valence-electron chi connectivity index (χ1n) is 7.67. The number of halogens is 1. The molecule has 0 spiro atoms. The third-order valence-corrected chi connectivity index (χ3v) is 4.32. The topological polar surface area (TPSA) is 142 Å². The Morgan fingerprint density at radius 2 is 1.96 bits per heavy atom. The molecule has 0 saturated carbocycles. The van der Waals surface area contributed by atoms with E-state index in [1.54, 1.807) is 24.3 Å². The lowest BCUT2D eigenvalue weighted by molar-refractivity contribution is -0.129. The van der Waals surface area contributed by atoms with Crippen LogP contribution in [0.1, 0.15) is 12.0 Å². The maximum Gasteiger partial charge on any atom is 0.258 e. The van der Waals surface area contributed by atoms with Gasteiger partial charge in [-0.1, -0.05) is 11.6 Å². The number of aliphatic hydroxyl groups excluding tert-OH is 2. The van der Waals surface area contributed by atoms with E-state index < -0.39 is 29.4 Å². The molecule has 0 radical (unpaired) electrons. The highest BCUT2D eigenvalue weighted by molar-refractivity contribution is 7.71. The maximum absolute atomic E-state index is 12.2. The minimum Gasteiger partial charge on any atom is -0.494 e. The zero-order chi connectivity index (χ0) is 19.4. The van der Waals surface area contributed by atoms with Crippen LogP contribution in [0.2, 0.25) is 5.02 Å². The molecular formula is C16H18ClN3O5S. The van der Waals surface area contributed by atoms with Crippen LogP contribution in [0.3, 0.4) is 0 Å². The third kappa shape index (κ3) is 4.37. The van der Waals surface area contributed by atoms with Crippen molar-refractivity contribution >= 4 is 29.6 Å². The molecule has 0 aliphatic carbocycles. The molecule has 140 valence electrons. The van der Waals surface area contributed by atoms with E-state index in [1.165, 1.54) is 4.57 Å². The largest absolute Gasteiger partial charge is 0.494 e. The smallest absolute Gasteiger partial charge is 0.258 e. The fourth-order valence-electron chi connectivity index (χ4n) is 2.41. The zero-order valence-electron chi connectivity index (χ0n) is 13.6. The minimum absolute atomic E-state index is 0.0428. The highest BCUT2D eigenvalue weighted by Gasteiger charge is 2.25. The summed E-state index contributed by atoms with van der Waals surface area (Å²) in [6, 6.07) is 5.12. The highest BCUT2D eigenvalue weighted by atomic mass is 35.5. The SMILES string of the molecule is N[C@H](Cc1c(O)n(-c2ccc(Cl)cc2)c(=S)[nH]c1=O)C(=O)[C@H](O)CCO. The number of aliphatic hydroxyl groups is 2. The lowest BCUT2D eigenvalue weighted by Crippen LogP contribution is -2.41. The first-order chi connectivity index (χ1) is 12.3. The number of nitrogens with two attached hydrogens (primary N) is 1. The van der Waals surface area contributed by atoms with Crippen molar-refractivity contribution in [3.05, 3.63) is 50.0 Å². The third-order valence-electron chi connectivity index (χ3n) is 3.78. The van der Waals surface area contributed by atoms with Gasteiger partial charge in [0, 0.05) is 24.5 Å². The van der Waals surface area contributed by atoms with Crippen LogP contribution in [-0.4, -0.2) is 49.4 Å². The van der Waals surface area contributed by atoms with Gasteiger partial charge >= 0.3 is 0 Å². The van der Waals surface area contributed by atoms with Crippen molar-refractivity contribution in [3.8, 4) is 11.6 Å². The summed E-state index contributed by atoms with van der Waals surface area (Å²) in [5.74, 6) is -1.20. The molecule has 0 aliphatic heterocycles. The number of benzene rings is 1. The van der Waals surface area contributed by atoms with Gasteiger partial charge in [0.25, 0.3) is 5.56 Å². The van der Waals surface area contributed by atoms with E-state index in [9.17, 15) is 19.8 Å². The lowest BCUT2D eigenvalue weighted by Gasteiger charge is -2.17. The number of carbonyl (C=O) groups excluding carboxylic acids is 1. The molecule has 0 bridgehead atoms. The van der Waals surface area contributed by atoms with Crippen molar-refractivity contribution in [2.75, 3.05) is 6.61 Å². The Bertz CT molecular complexity index is 910. The van der Waals surface area contributed by atoms with Crippen LogP contribution in [0.4, 0.5) is 0 Å². The van der Waals surface area contributed by atoms with Crippen molar-refractivity contribution in [1.82, 2.24) is 9.55 Å². The van der Waals surface area contributed by atoms with Gasteiger partial charge in [-0.15, -0.1) is 0 Å². The second-order valence-electron chi connectivity index (χ2n) is 5.61. The molecule has 1 heterocycles. The van der Waals surface area contributed by atoms with Crippen molar-refractivity contribution in [3.63, 3.8) is 0 Å². The molecule has 10 heteroatoms. The number of ketones is 1. The molecule has 0 unspecified atom stereocenters. The van der Waals surface area contributed by atoms with Gasteiger partial charge < -0.3 is 21.1 Å². The maximum atomic E-state index is 12.2. The van der Waals surface area contributed by atoms with Gasteiger partial charge in [-0.25, -0.2) is 0 Å². The van der Waals surface area contributed by atoms with Crippen LogP contribution in [0.25, 0.3) is 5.69 Å². The Labute approximate surface area is 158 Å². The molecule has 2 atom stereocenters. The number of carbonyl (C=O) groups is 1. The Morgan fingerprint density at radius 1 is 1.35 bits per heavy atom. The summed E-state index contributed by atoms with van der Waals surface area (Å²) >= 11 is 10.9. The quantitative estimate of drug-likeness (QED) is 0.425. The first kappa shape index (κ1) is 20.3. The Morgan fingerprint density at radius 3 is 2.54 bits per heavy atom. The van der Waals surface area contributed by atoms with Gasteiger partial charge in [0.05, 0.1) is 17.3 Å². The van der Waals surface area contributed by atoms with Crippen molar-refractivity contribution in [1.29, 1.82) is 0 Å². The van der Waals surface area contributed by atoms with Gasteiger partial charge in [0.15, 0.2) is 10.6 Å². The average molecular weight is 400 g/mol. The van der Waals surface area contributed by atoms with Crippen LogP contribution < -0.4 is 11.3 Å². The Hall–Kier alpha value is -2.04. The number of aromatic nitrogens is 2. The lowest BCUT2D eigenvalue weighted by atomic mass is 10.00. The van der Waals surface area contributed by atoms with Crippen LogP contribution in [0.5, 0.6) is 5.88 Å². The summed E-state index contributed by atoms with van der Waals surface area (Å²) in [4.78, 5) is 26.6. The molecule has 0 fully saturated rings. The van der Waals surface area contributed by atoms with Crippen molar-refractivity contribution < 1.29 is 20.1 Å². The van der Waals surface area contributed by atoms with E-state index in [1.807, 2.05) is 0 Å². The van der Waals surface area contributed by atoms with E-state index >= 15 is 0 Å². The number of H-pyrrole nitrogens is 1. The van der Waals surface area contributed by atoms with Crippen LogP contribution in [0, 0.1) is 4.77 Å². The fourth-order valence-corrected chi connectivity index (χ4v) is 2.82. The molecule has 0 saturated heterocycles. The minimum atomic E-state index is -1.45. The number of Topliss-reactive ketones (excluding diaryl/α,β-unsaturated/α-hetero) is 1. The summed E-state index contributed by atoms with van der Waals surface area (Å²) in [5.41, 5.74) is 5.38. The molecule has 26 heavy (non-hydrogen) atoms. The van der Waals surface area contributed by atoms with Gasteiger partial charge in [-0.05, 0) is 36.5 Å². The summed E-state index contributed by atoms with van der Waals surface area (Å²) < 4.78 is 1.17. The fraction of sp³-hybridized carbons (Fsp3) is 0.312. The normalized spacial score (nSPS) is 13.4. The Balaban J connectivity index is 2.42. The predicted molar refractivity (Wildman–Crippen MR) is 98.3 cm³/mol. The van der Waals surface area contributed by atoms with Gasteiger partial charge in [0.1, 0.15) is 6.10 Å². The molecule has 0 amide bonds. The summed E-state index contributed by atoms with van der Waals surface area (Å²) in [7, 11) is 0. The van der Waals surface area contributed by atoms with Crippen molar-refractivity contribution in [2.24, 2.45) is 5.73 Å². The first-order valence-corrected chi connectivity index (χ1v) is 8.46. The number of hydrogen-bond acceptors (Lipinski definition) is 7. The van der Waals surface area contributed by atoms with Crippen molar-refractivity contribution in [2.45, 2.75) is 25.0 Å². The number of aromatic hydroxyl groups is 1. The molecular weight excluding hydrogens is 382 g/mol. The molecule has 6 N–H and O–H groups in total. The van der Waals surface area contributed by atoms with E-state index in [-0.39, 0.29) is 29.8 Å². The van der Waals surface area contributed by atoms with Crippen LogP contribution in [-0.2, 0) is 11.2 Å². The number of hydrogen-bond donors (Lipinski definition) is 5. The molecule has 0 aliphatic rings. The van der Waals surface area contributed by atoms with E-state index in [0.29, 0.717) is 10.7 Å². The molecule has 2 aromatic rings. The molecule has 1 aromatic carbocycles. The number of nitrogens with zero attached hydrogens (tertiary/aromatic N) is 1. The Kier molecular flexibility index (Phi) is 6.68. The molecule has 8 nitrogen and oxygen atoms in total. The van der Waals surface area contributed by atoms with E-state index in [4.69, 9.17) is 34.7 Å². The number of aromatic amines is 1. The monoisotopic (exact) mass is 399 g/mol. The highest BCUT2D eigenvalue weighted by Crippen LogP contribution is 2.22. The predicted octanol–water partition coefficient (Wildman–Crippen LogP) is 0.436. The standard InChI is InChI=1S/C16H18ClN3O5S/c17-8-1-3-9(4-2-8)20-15(25)10(14(24)19-16(20)26)7-11(18)13(23)12(22)5-6-21/h1-4,11-12,21-22,25H,5-7,18H2,(H,19,24,26)/t11-,12-/m1/s1. The summed E-state index contributed by atoms with van der Waals surface area (Å²) in [6.45, 7) is -0.382. The number of nitrogens with one attached hydrogen (secondary N) is 1. The van der Waals surface area contributed by atoms with Crippen LogP contribution in [0.15, 0.2) is 29.1 Å². The van der Waals surface area contributed by atoms with Gasteiger partial charge in [0.2, 0.25) is 5.88 Å². The summed E-state index contributed by atoms with van der Waals surface area (Å²) in [5, 5.41) is 29.4. The second kappa shape index (κ2) is 8.56. The van der Waals surface area contributed by atoms with Gasteiger partial charge in [-0.2, -0.15) is 0 Å². The van der Waals surface area contributed by atoms with E-state index in [0.717, 1.165) is 0 Å². The molecule has 2 rings (SSSR count). The molecule has 1 aromatic heterocycles. The number of rotatable bonds is 7. The van der Waals surface area contributed by atoms with Crippen LogP contribution >= 0.6 is 23.8 Å². The second-order valence-corrected chi connectivity index (χ2v) is 6.44. The van der Waals surface area contributed by atoms with E-state index in [2.05, 4.69) is 4.98 Å². The zero-order valence-corrected chi connectivity index (χ0v) is 15.1.